The van der Waals surface area contributed by atoms with Gasteiger partial charge in [0.15, 0.2) is 28.4 Å². The molecule has 23 heavy (non-hydrogen) atoms. The molecule has 8 heteroatoms. The maximum absolute atomic E-state index is 13.6. The molecule has 3 nitrogen and oxygen atoms in total. The minimum atomic E-state index is -2.03. The van der Waals surface area contributed by atoms with Gasteiger partial charge in [-0.15, -0.1) is 0 Å². The zero-order valence-corrected chi connectivity index (χ0v) is 12.4. The van der Waals surface area contributed by atoms with Crippen LogP contribution in [0.1, 0.15) is 15.9 Å². The Hall–Kier alpha value is -2.48. The van der Waals surface area contributed by atoms with Gasteiger partial charge in [-0.1, -0.05) is 17.4 Å². The van der Waals surface area contributed by atoms with Gasteiger partial charge in [0.05, 0.1) is 15.8 Å². The molecule has 0 saturated carbocycles. The van der Waals surface area contributed by atoms with Crippen LogP contribution >= 0.6 is 11.3 Å². The number of rotatable bonds is 2. The summed E-state index contributed by atoms with van der Waals surface area (Å²) in [5.41, 5.74) is 0.678. The van der Waals surface area contributed by atoms with E-state index in [9.17, 15) is 22.4 Å². The van der Waals surface area contributed by atoms with Crippen LogP contribution in [0, 0.1) is 30.2 Å². The molecule has 0 fully saturated rings. The van der Waals surface area contributed by atoms with Gasteiger partial charge >= 0.3 is 0 Å². The summed E-state index contributed by atoms with van der Waals surface area (Å²) in [6, 6.07) is 5.73. The van der Waals surface area contributed by atoms with Crippen LogP contribution in [-0.2, 0) is 0 Å². The first-order valence-corrected chi connectivity index (χ1v) is 7.20. The van der Waals surface area contributed by atoms with Crippen molar-refractivity contribution < 1.29 is 22.4 Å². The molecule has 3 rings (SSSR count). The standard InChI is InChI=1S/C15H8F4N2OS/c1-6-2-3-9-10(4-6)23-15(20-9)21-14(22)7-5-8(16)12(18)13(19)11(7)17/h2-5H,1H3,(H,20,21,22). The number of anilines is 1. The molecule has 0 spiro atoms. The van der Waals surface area contributed by atoms with Gasteiger partial charge in [-0.25, -0.2) is 22.5 Å². The Balaban J connectivity index is 1.94. The van der Waals surface area contributed by atoms with E-state index in [0.717, 1.165) is 21.6 Å². The Morgan fingerprint density at radius 3 is 2.57 bits per heavy atom. The summed E-state index contributed by atoms with van der Waals surface area (Å²) >= 11 is 1.12. The largest absolute Gasteiger partial charge is 0.298 e. The van der Waals surface area contributed by atoms with E-state index >= 15 is 0 Å². The Labute approximate surface area is 131 Å². The second-order valence-electron chi connectivity index (χ2n) is 4.79. The van der Waals surface area contributed by atoms with Gasteiger partial charge in [0.2, 0.25) is 0 Å². The maximum Gasteiger partial charge on any atom is 0.260 e. The monoisotopic (exact) mass is 340 g/mol. The average molecular weight is 340 g/mol. The molecule has 0 aliphatic heterocycles. The zero-order chi connectivity index (χ0) is 16.7. The number of carbonyl (C=O) groups is 1. The number of aromatic nitrogens is 1. The molecule has 1 heterocycles. The van der Waals surface area contributed by atoms with E-state index in [1.165, 1.54) is 0 Å². The highest BCUT2D eigenvalue weighted by molar-refractivity contribution is 7.22. The molecule has 0 aliphatic carbocycles. The molecule has 2 aromatic carbocycles. The lowest BCUT2D eigenvalue weighted by molar-refractivity contribution is 0.102. The number of nitrogens with zero attached hydrogens (tertiary/aromatic N) is 1. The van der Waals surface area contributed by atoms with Crippen LogP contribution in [0.3, 0.4) is 0 Å². The lowest BCUT2D eigenvalue weighted by Crippen LogP contribution is -2.16. The molecule has 0 atom stereocenters. The van der Waals surface area contributed by atoms with Gasteiger partial charge in [0.1, 0.15) is 0 Å². The lowest BCUT2D eigenvalue weighted by atomic mass is 10.1. The first-order valence-electron chi connectivity index (χ1n) is 6.38. The number of hydrogen-bond acceptors (Lipinski definition) is 3. The Morgan fingerprint density at radius 1 is 1.09 bits per heavy atom. The normalized spacial score (nSPS) is 11.0. The van der Waals surface area contributed by atoms with Crippen molar-refractivity contribution in [2.45, 2.75) is 6.92 Å². The van der Waals surface area contributed by atoms with Gasteiger partial charge in [-0.05, 0) is 30.7 Å². The molecule has 118 valence electrons. The smallest absolute Gasteiger partial charge is 0.260 e. The second kappa shape index (κ2) is 5.62. The van der Waals surface area contributed by atoms with Crippen molar-refractivity contribution in [3.63, 3.8) is 0 Å². The fourth-order valence-corrected chi connectivity index (χ4v) is 2.95. The summed E-state index contributed by atoms with van der Waals surface area (Å²) in [4.78, 5) is 16.1. The van der Waals surface area contributed by atoms with Crippen LogP contribution in [0.25, 0.3) is 10.2 Å². The highest BCUT2D eigenvalue weighted by atomic mass is 32.1. The van der Waals surface area contributed by atoms with E-state index < -0.39 is 34.7 Å². The Bertz CT molecular complexity index is 939. The van der Waals surface area contributed by atoms with E-state index in [4.69, 9.17) is 0 Å². The van der Waals surface area contributed by atoms with E-state index in [1.54, 1.807) is 6.07 Å². The van der Waals surface area contributed by atoms with Crippen molar-refractivity contribution in [3.05, 3.63) is 58.7 Å². The fraction of sp³-hybridized carbons (Fsp3) is 0.0667. The van der Waals surface area contributed by atoms with Crippen molar-refractivity contribution in [1.82, 2.24) is 4.98 Å². The Morgan fingerprint density at radius 2 is 1.83 bits per heavy atom. The first-order chi connectivity index (χ1) is 10.9. The van der Waals surface area contributed by atoms with Crippen molar-refractivity contribution in [2.24, 2.45) is 0 Å². The third-order valence-corrected chi connectivity index (χ3v) is 4.05. The molecule has 0 unspecified atom stereocenters. The van der Waals surface area contributed by atoms with Crippen LogP contribution in [0.5, 0.6) is 0 Å². The summed E-state index contributed by atoms with van der Waals surface area (Å²) < 4.78 is 53.6. The molecule has 0 saturated heterocycles. The molecular weight excluding hydrogens is 332 g/mol. The molecule has 1 N–H and O–H groups in total. The topological polar surface area (TPSA) is 42.0 Å². The van der Waals surface area contributed by atoms with E-state index in [1.807, 2.05) is 19.1 Å². The number of aryl methyl sites for hydroxylation is 1. The van der Waals surface area contributed by atoms with E-state index in [0.29, 0.717) is 11.6 Å². The number of fused-ring (bicyclic) bond motifs is 1. The molecule has 0 bridgehead atoms. The molecule has 1 amide bonds. The predicted octanol–water partition coefficient (Wildman–Crippen LogP) is 4.41. The molecule has 0 radical (unpaired) electrons. The van der Waals surface area contributed by atoms with Crippen LogP contribution in [0.15, 0.2) is 24.3 Å². The van der Waals surface area contributed by atoms with Gasteiger partial charge in [-0.2, -0.15) is 0 Å². The summed E-state index contributed by atoms with van der Waals surface area (Å²) in [6.07, 6.45) is 0. The van der Waals surface area contributed by atoms with E-state index in [-0.39, 0.29) is 5.13 Å². The van der Waals surface area contributed by atoms with Crippen LogP contribution in [0.4, 0.5) is 22.7 Å². The van der Waals surface area contributed by atoms with Crippen molar-refractivity contribution >= 4 is 32.6 Å². The number of halogens is 4. The van der Waals surface area contributed by atoms with Crippen molar-refractivity contribution in [2.75, 3.05) is 5.32 Å². The average Bonchev–Trinajstić information content (AvgIpc) is 2.89. The van der Waals surface area contributed by atoms with Crippen LogP contribution < -0.4 is 5.32 Å². The third-order valence-electron chi connectivity index (χ3n) is 3.11. The van der Waals surface area contributed by atoms with Gasteiger partial charge in [0.25, 0.3) is 5.91 Å². The minimum Gasteiger partial charge on any atom is -0.298 e. The quantitative estimate of drug-likeness (QED) is 0.426. The fourth-order valence-electron chi connectivity index (χ4n) is 1.99. The lowest BCUT2D eigenvalue weighted by Gasteiger charge is -2.05. The number of nitrogens with one attached hydrogen (secondary N) is 1. The number of amides is 1. The van der Waals surface area contributed by atoms with Gasteiger partial charge in [0, 0.05) is 0 Å². The predicted molar refractivity (Wildman–Crippen MR) is 78.6 cm³/mol. The van der Waals surface area contributed by atoms with Gasteiger partial charge in [-0.3, -0.25) is 10.1 Å². The number of thiazole rings is 1. The summed E-state index contributed by atoms with van der Waals surface area (Å²) in [6.45, 7) is 1.89. The maximum atomic E-state index is 13.6. The molecule has 3 aromatic rings. The molecule has 1 aromatic heterocycles. The first kappa shape index (κ1) is 15.4. The number of benzene rings is 2. The SMILES string of the molecule is Cc1ccc2nc(NC(=O)c3cc(F)c(F)c(F)c3F)sc2c1. The molecular formula is C15H8F4N2OS. The third kappa shape index (κ3) is 2.77. The zero-order valence-electron chi connectivity index (χ0n) is 11.6. The Kier molecular flexibility index (Phi) is 3.77. The summed E-state index contributed by atoms with van der Waals surface area (Å²) in [5, 5.41) is 2.39. The molecule has 0 aliphatic rings. The summed E-state index contributed by atoms with van der Waals surface area (Å²) in [5.74, 6) is -8.51. The highest BCUT2D eigenvalue weighted by Gasteiger charge is 2.23. The van der Waals surface area contributed by atoms with Crippen molar-refractivity contribution in [1.29, 1.82) is 0 Å². The minimum absolute atomic E-state index is 0.139. The number of carbonyl (C=O) groups excluding carboxylic acids is 1. The number of hydrogen-bond donors (Lipinski definition) is 1. The van der Waals surface area contributed by atoms with Crippen LogP contribution in [-0.4, -0.2) is 10.9 Å². The second-order valence-corrected chi connectivity index (χ2v) is 5.82. The van der Waals surface area contributed by atoms with Crippen molar-refractivity contribution in [3.8, 4) is 0 Å². The summed E-state index contributed by atoms with van der Waals surface area (Å²) in [7, 11) is 0. The van der Waals surface area contributed by atoms with Gasteiger partial charge < -0.3 is 0 Å². The van der Waals surface area contributed by atoms with E-state index in [2.05, 4.69) is 10.3 Å². The highest BCUT2D eigenvalue weighted by Crippen LogP contribution is 2.27. The van der Waals surface area contributed by atoms with Crippen LogP contribution in [0.2, 0.25) is 0 Å².